The third-order valence-corrected chi connectivity index (χ3v) is 11.7. The summed E-state index contributed by atoms with van der Waals surface area (Å²) >= 11 is 1.36. The van der Waals surface area contributed by atoms with Crippen molar-refractivity contribution in [1.29, 1.82) is 0 Å². The standard InChI is InChI=1S/C38H68N15O17PS/c1-19(29(58)48-22(8-5-12-44-38(41)42)31(60)50-23(36(65)66)10-14-72-3)47-33(62)26-9-6-13-53(26)35(64)25(17-55)51-34(63)28(20(2)70-71(67,68)69)52-27(57)15-45-30(59)21(7-4-11-43-37(39)40)49-32(61)24(16-54)46-18-56/h18-26,28,54-55H,4-17H2,1-3H3,(H,45,59)(H,46,56)(H,47,62)(H,48,58)(H,49,61)(H,50,60)(H,51,63)(H,52,57)(H,65,66)(H4,39,40,43)(H4,41,42,44)(H2,67,68,69)/p+2/t19-,20+,21-,22-,23-,24-,25-,26-,28-/m0/s1. The van der Waals surface area contributed by atoms with Gasteiger partial charge in [0, 0.05) is 6.54 Å². The molecule has 1 fully saturated rings. The van der Waals surface area contributed by atoms with Gasteiger partial charge in [-0.1, -0.05) is 0 Å². The number of phosphoric acid groups is 1. The van der Waals surface area contributed by atoms with Crippen LogP contribution in [0.2, 0.25) is 0 Å². The highest BCUT2D eigenvalue weighted by Crippen LogP contribution is 2.38. The number of nitrogens with one attached hydrogen (secondary N) is 10. The van der Waals surface area contributed by atoms with Gasteiger partial charge in [-0.3, -0.25) is 80.6 Å². The molecule has 1 aliphatic rings. The predicted octanol–water partition coefficient (Wildman–Crippen LogP) is -12.3. The van der Waals surface area contributed by atoms with Crippen LogP contribution in [-0.2, 0) is 57.0 Å². The van der Waals surface area contributed by atoms with E-state index in [1.807, 2.05) is 0 Å². The summed E-state index contributed by atoms with van der Waals surface area (Å²) in [5, 5.41) is 47.6. The minimum absolute atomic E-state index is 0.0139. The van der Waals surface area contributed by atoms with Gasteiger partial charge < -0.3 is 72.5 Å². The minimum Gasteiger partial charge on any atom is -0.480 e. The number of aliphatic hydroxyl groups is 2. The van der Waals surface area contributed by atoms with Crippen LogP contribution in [0.5, 0.6) is 0 Å². The summed E-state index contributed by atoms with van der Waals surface area (Å²) < 4.78 is 16.4. The van der Waals surface area contributed by atoms with Gasteiger partial charge in [-0.05, 0) is 70.8 Å². The Morgan fingerprint density at radius 1 is 0.750 bits per heavy atom. The molecule has 32 nitrogen and oxygen atoms in total. The Morgan fingerprint density at radius 3 is 1.79 bits per heavy atom. The molecule has 0 aromatic carbocycles. The summed E-state index contributed by atoms with van der Waals surface area (Å²) in [6, 6.07) is -11.9. The van der Waals surface area contributed by atoms with Crippen molar-refractivity contribution in [3.63, 3.8) is 0 Å². The van der Waals surface area contributed by atoms with Gasteiger partial charge >= 0.3 is 25.7 Å². The first-order chi connectivity index (χ1) is 33.8. The molecule has 0 unspecified atom stereocenters. The van der Waals surface area contributed by atoms with Crippen molar-refractivity contribution >= 4 is 91.1 Å². The van der Waals surface area contributed by atoms with Gasteiger partial charge in [0.1, 0.15) is 48.3 Å². The highest BCUT2D eigenvalue weighted by Gasteiger charge is 2.41. The first kappa shape index (κ1) is 63.6. The van der Waals surface area contributed by atoms with E-state index >= 15 is 0 Å². The number of carboxylic acids is 1. The number of nitrogens with two attached hydrogens (primary N) is 4. The number of amides is 9. The van der Waals surface area contributed by atoms with E-state index in [1.54, 1.807) is 6.26 Å². The van der Waals surface area contributed by atoms with Crippen LogP contribution in [0.4, 0.5) is 0 Å². The summed E-state index contributed by atoms with van der Waals surface area (Å²) in [7, 11) is -5.36. The molecular weight excluding hydrogens is 1000 g/mol. The topological polar surface area (TPSA) is 530 Å². The van der Waals surface area contributed by atoms with Crippen LogP contribution in [0.15, 0.2) is 0 Å². The molecular formula is C38H70N15O17PS+2. The molecule has 0 saturated carbocycles. The average Bonchev–Trinajstić information content (AvgIpc) is 3.80. The quantitative estimate of drug-likeness (QED) is 0.00935. The Kier molecular flexibility index (Phi) is 28.8. The Hall–Kier alpha value is -6.38. The van der Waals surface area contributed by atoms with E-state index in [2.05, 4.69) is 57.0 Å². The molecule has 1 heterocycles. The first-order valence-corrected chi connectivity index (χ1v) is 25.2. The second-order valence-corrected chi connectivity index (χ2v) is 18.3. The number of carboxylic acid groups (broad SMARTS) is 1. The van der Waals surface area contributed by atoms with Gasteiger partial charge in [0.25, 0.3) is 0 Å². The molecule has 408 valence electrons. The number of carbonyl (C=O) groups is 10. The normalized spacial score (nSPS) is 16.5. The van der Waals surface area contributed by atoms with Crippen molar-refractivity contribution in [2.24, 2.45) is 22.9 Å². The van der Waals surface area contributed by atoms with Crippen molar-refractivity contribution in [2.75, 3.05) is 51.4 Å². The zero-order valence-electron chi connectivity index (χ0n) is 39.9. The number of carbonyl (C=O) groups excluding carboxylic acids is 9. The molecule has 0 aromatic heterocycles. The van der Waals surface area contributed by atoms with Crippen molar-refractivity contribution in [3.8, 4) is 0 Å². The maximum atomic E-state index is 13.8. The molecule has 72 heavy (non-hydrogen) atoms. The second kappa shape index (κ2) is 32.6. The second-order valence-electron chi connectivity index (χ2n) is 16.1. The SMILES string of the molecule is CSCC[C@H](NC(=O)[C@H](CCC[NH+]=C(N)N)NC(=O)[C@H](C)NC(=O)[C@@H]1CCCN1C(=O)[C@H](CO)NC(=O)[C@@H](NC(=O)CNC(=O)[C@H](CCC[NH+]=C(N)N)NC(=O)[C@H](CO)NC=O)[C@@H](C)OP(=O)(O)O)C(=O)O. The fourth-order valence-electron chi connectivity index (χ4n) is 6.76. The fraction of sp³-hybridized carbons (Fsp3) is 0.684. The Balaban J connectivity index is 3.21. The largest absolute Gasteiger partial charge is 0.480 e. The van der Waals surface area contributed by atoms with Gasteiger partial charge in [-0.15, -0.1) is 0 Å². The van der Waals surface area contributed by atoms with Gasteiger partial charge in [0.2, 0.25) is 53.7 Å². The Labute approximate surface area is 417 Å². The van der Waals surface area contributed by atoms with Crippen LogP contribution in [0.25, 0.3) is 0 Å². The van der Waals surface area contributed by atoms with Gasteiger partial charge in [-0.2, -0.15) is 11.8 Å². The number of guanidine groups is 2. The number of aliphatic carboxylic acids is 1. The highest BCUT2D eigenvalue weighted by molar-refractivity contribution is 7.98. The van der Waals surface area contributed by atoms with Crippen molar-refractivity contribution in [3.05, 3.63) is 0 Å². The number of phosphoric ester groups is 1. The third kappa shape index (κ3) is 23.7. The predicted molar refractivity (Wildman–Crippen MR) is 252 cm³/mol. The fourth-order valence-corrected chi connectivity index (χ4v) is 7.78. The van der Waals surface area contributed by atoms with E-state index in [1.165, 1.54) is 18.7 Å². The number of rotatable bonds is 34. The van der Waals surface area contributed by atoms with Gasteiger partial charge in [-0.25, -0.2) is 9.36 Å². The zero-order valence-corrected chi connectivity index (χ0v) is 41.6. The maximum Gasteiger partial charge on any atom is 0.469 e. The molecule has 0 radical (unpaired) electrons. The lowest BCUT2D eigenvalue weighted by molar-refractivity contribution is -0.460. The van der Waals surface area contributed by atoms with E-state index in [4.69, 9.17) is 22.9 Å². The van der Waals surface area contributed by atoms with Crippen molar-refractivity contribution < 1.29 is 92.1 Å². The first-order valence-electron chi connectivity index (χ1n) is 22.3. The number of nitrogens with zero attached hydrogens (tertiary/aromatic N) is 1. The molecule has 23 N–H and O–H groups in total. The van der Waals surface area contributed by atoms with E-state index in [0.717, 1.165) is 11.8 Å². The number of likely N-dealkylation sites (tertiary alicyclic amines) is 1. The molecule has 34 heteroatoms. The number of aliphatic hydroxyl groups excluding tert-OH is 2. The lowest BCUT2D eigenvalue weighted by Gasteiger charge is -2.30. The van der Waals surface area contributed by atoms with Crippen LogP contribution in [0, 0.1) is 0 Å². The van der Waals surface area contributed by atoms with Crippen LogP contribution in [-0.4, -0.2) is 207 Å². The molecule has 9 amide bonds. The summed E-state index contributed by atoms with van der Waals surface area (Å²) in [5.74, 6) is -9.14. The summed E-state index contributed by atoms with van der Waals surface area (Å²) in [6.45, 7) is -0.407. The zero-order chi connectivity index (χ0) is 54.7. The molecule has 1 saturated heterocycles. The average molecular weight is 1070 g/mol. The Bertz CT molecular complexity index is 1990. The third-order valence-electron chi connectivity index (χ3n) is 10.4. The van der Waals surface area contributed by atoms with Gasteiger partial charge in [0.05, 0.1) is 39.0 Å². The highest BCUT2D eigenvalue weighted by atomic mass is 32.2. The molecule has 1 aliphatic heterocycles. The van der Waals surface area contributed by atoms with Gasteiger partial charge in [0.15, 0.2) is 0 Å². The molecule has 0 aromatic rings. The summed E-state index contributed by atoms with van der Waals surface area (Å²) in [6.07, 6.45) is 0.670. The lowest BCUT2D eigenvalue weighted by Crippen LogP contribution is -2.78. The molecule has 0 aliphatic carbocycles. The number of hydrogen-bond acceptors (Lipinski definition) is 15. The minimum atomic E-state index is -5.36. The van der Waals surface area contributed by atoms with Crippen LogP contribution < -0.4 is 75.5 Å². The molecule has 1 rings (SSSR count). The number of thioether (sulfide) groups is 1. The number of hydrogen-bond donors (Lipinski definition) is 19. The van der Waals surface area contributed by atoms with Crippen LogP contribution in [0.3, 0.4) is 0 Å². The van der Waals surface area contributed by atoms with E-state index in [0.29, 0.717) is 5.75 Å². The molecule has 0 spiro atoms. The van der Waals surface area contributed by atoms with Crippen molar-refractivity contribution in [2.45, 2.75) is 113 Å². The van der Waals surface area contributed by atoms with E-state index < -0.39 is 135 Å². The summed E-state index contributed by atoms with van der Waals surface area (Å²) in [5.41, 5.74) is 21.6. The smallest absolute Gasteiger partial charge is 0.469 e. The molecule has 9 atom stereocenters. The van der Waals surface area contributed by atoms with E-state index in [9.17, 15) is 77.6 Å². The van der Waals surface area contributed by atoms with Crippen molar-refractivity contribution in [1.82, 2.24) is 47.4 Å². The molecule has 0 bridgehead atoms. The summed E-state index contributed by atoms with van der Waals surface area (Å²) in [4.78, 5) is 155. The Morgan fingerprint density at radius 2 is 1.28 bits per heavy atom. The van der Waals surface area contributed by atoms with E-state index in [-0.39, 0.29) is 82.9 Å². The van der Waals surface area contributed by atoms with Crippen LogP contribution >= 0.6 is 19.6 Å². The van der Waals surface area contributed by atoms with Crippen LogP contribution in [0.1, 0.15) is 58.8 Å². The maximum absolute atomic E-state index is 13.8. The monoisotopic (exact) mass is 1070 g/mol. The lowest BCUT2D eigenvalue weighted by atomic mass is 10.1.